The highest BCUT2D eigenvalue weighted by molar-refractivity contribution is 5.78. The van der Waals surface area contributed by atoms with E-state index >= 15 is 0 Å². The van der Waals surface area contributed by atoms with E-state index in [9.17, 15) is 19.2 Å². The fourth-order valence-corrected chi connectivity index (χ4v) is 4.80. The minimum Gasteiger partial charge on any atom is -0.444 e. The molecule has 0 radical (unpaired) electrons. The summed E-state index contributed by atoms with van der Waals surface area (Å²) in [7, 11) is 1.53. The first-order valence-electron chi connectivity index (χ1n) is 13.6. The Morgan fingerprint density at radius 2 is 1.88 bits per heavy atom. The molecular formula is C29H37N7O5. The summed E-state index contributed by atoms with van der Waals surface area (Å²) < 4.78 is 9.30. The monoisotopic (exact) mass is 563 g/mol. The van der Waals surface area contributed by atoms with Crippen molar-refractivity contribution in [3.63, 3.8) is 0 Å². The minimum absolute atomic E-state index is 0.163. The highest BCUT2D eigenvalue weighted by Crippen LogP contribution is 2.23. The largest absolute Gasteiger partial charge is 0.444 e. The summed E-state index contributed by atoms with van der Waals surface area (Å²) >= 11 is 0. The highest BCUT2D eigenvalue weighted by Gasteiger charge is 2.29. The third-order valence-corrected chi connectivity index (χ3v) is 6.69. The lowest BCUT2D eigenvalue weighted by Crippen LogP contribution is -2.49. The first-order chi connectivity index (χ1) is 19.5. The van der Waals surface area contributed by atoms with Crippen molar-refractivity contribution < 1.29 is 14.3 Å². The number of benzene rings is 1. The summed E-state index contributed by atoms with van der Waals surface area (Å²) in [6, 6.07) is 9.17. The van der Waals surface area contributed by atoms with Gasteiger partial charge in [-0.05, 0) is 46.1 Å². The SMILES string of the molecule is CC#CCn1c(N2CCC[C@@H](NC(=O)OC(C)(C)C)C2)nc2c1c(=O)n(CC(=O)NCc1ccccc1)c(=O)n2C. The van der Waals surface area contributed by atoms with Crippen molar-refractivity contribution in [2.75, 3.05) is 18.0 Å². The van der Waals surface area contributed by atoms with Crippen molar-refractivity contribution in [2.24, 2.45) is 7.05 Å². The molecule has 1 atom stereocenters. The lowest BCUT2D eigenvalue weighted by atomic mass is 10.1. The summed E-state index contributed by atoms with van der Waals surface area (Å²) in [5, 5.41) is 5.69. The normalized spacial score (nSPS) is 15.2. The van der Waals surface area contributed by atoms with E-state index < -0.39 is 35.4 Å². The number of amides is 2. The Morgan fingerprint density at radius 1 is 1.15 bits per heavy atom. The summed E-state index contributed by atoms with van der Waals surface area (Å²) in [4.78, 5) is 58.7. The molecule has 0 unspecified atom stereocenters. The van der Waals surface area contributed by atoms with Gasteiger partial charge in [0.25, 0.3) is 5.56 Å². The Labute approximate surface area is 238 Å². The third-order valence-electron chi connectivity index (χ3n) is 6.69. The van der Waals surface area contributed by atoms with Gasteiger partial charge in [0.1, 0.15) is 12.1 Å². The fraction of sp³-hybridized carbons (Fsp3) is 0.483. The molecule has 218 valence electrons. The van der Waals surface area contributed by atoms with Crippen LogP contribution >= 0.6 is 0 Å². The van der Waals surface area contributed by atoms with Gasteiger partial charge in [0.15, 0.2) is 11.2 Å². The molecule has 12 nitrogen and oxygen atoms in total. The van der Waals surface area contributed by atoms with Crippen LogP contribution in [0, 0.1) is 11.8 Å². The van der Waals surface area contributed by atoms with Crippen LogP contribution in [0.1, 0.15) is 46.1 Å². The summed E-state index contributed by atoms with van der Waals surface area (Å²) in [5.74, 6) is 5.85. The zero-order valence-electron chi connectivity index (χ0n) is 24.2. The Kier molecular flexibility index (Phi) is 8.86. The number of hydrogen-bond acceptors (Lipinski definition) is 7. The number of nitrogens with one attached hydrogen (secondary N) is 2. The van der Waals surface area contributed by atoms with Gasteiger partial charge >= 0.3 is 11.8 Å². The van der Waals surface area contributed by atoms with Crippen LogP contribution in [0.4, 0.5) is 10.7 Å². The smallest absolute Gasteiger partial charge is 0.407 e. The molecule has 0 spiro atoms. The highest BCUT2D eigenvalue weighted by atomic mass is 16.6. The van der Waals surface area contributed by atoms with Gasteiger partial charge in [-0.25, -0.2) is 14.2 Å². The molecule has 0 bridgehead atoms. The number of hydrogen-bond donors (Lipinski definition) is 2. The van der Waals surface area contributed by atoms with E-state index in [0.29, 0.717) is 19.0 Å². The molecule has 2 aromatic heterocycles. The third kappa shape index (κ3) is 6.98. The molecule has 12 heteroatoms. The van der Waals surface area contributed by atoms with E-state index in [0.717, 1.165) is 23.0 Å². The molecule has 1 saturated heterocycles. The van der Waals surface area contributed by atoms with E-state index in [-0.39, 0.29) is 30.3 Å². The standard InChI is InChI=1S/C29H37N7O5/c1-6-7-16-35-23-24(32-26(35)34-15-11-14-21(18-34)31-27(39)41-29(2,3)4)33(5)28(40)36(25(23)38)19-22(37)30-17-20-12-9-8-10-13-20/h8-10,12-13,21H,11,14-19H2,1-5H3,(H,30,37)(H,31,39)/t21-/m1/s1. The van der Waals surface area contributed by atoms with Crippen molar-refractivity contribution in [1.29, 1.82) is 0 Å². The Bertz CT molecular complexity index is 1600. The number of piperidine rings is 1. The number of aromatic nitrogens is 4. The van der Waals surface area contributed by atoms with Crippen LogP contribution in [-0.2, 0) is 36.2 Å². The lowest BCUT2D eigenvalue weighted by Gasteiger charge is -2.34. The van der Waals surface area contributed by atoms with Crippen molar-refractivity contribution >= 4 is 29.1 Å². The average Bonchev–Trinajstić information content (AvgIpc) is 3.31. The molecule has 0 aliphatic carbocycles. The number of carbonyl (C=O) groups is 2. The number of nitrogens with zero attached hydrogens (tertiary/aromatic N) is 5. The Hall–Kier alpha value is -4.53. The zero-order chi connectivity index (χ0) is 29.7. The second kappa shape index (κ2) is 12.3. The number of ether oxygens (including phenoxy) is 1. The molecule has 3 aromatic rings. The number of alkyl carbamates (subject to hydrolysis) is 1. The second-order valence-corrected chi connectivity index (χ2v) is 11.0. The van der Waals surface area contributed by atoms with Crippen LogP contribution in [0.3, 0.4) is 0 Å². The maximum atomic E-state index is 13.7. The van der Waals surface area contributed by atoms with Crippen molar-refractivity contribution in [2.45, 2.75) is 71.8 Å². The van der Waals surface area contributed by atoms with Crippen molar-refractivity contribution in [3.05, 3.63) is 56.7 Å². The van der Waals surface area contributed by atoms with Crippen LogP contribution in [0.5, 0.6) is 0 Å². The predicted molar refractivity (Wildman–Crippen MR) is 156 cm³/mol. The van der Waals surface area contributed by atoms with Crippen molar-refractivity contribution in [3.8, 4) is 11.8 Å². The molecule has 2 N–H and O–H groups in total. The van der Waals surface area contributed by atoms with Crippen LogP contribution in [0.2, 0.25) is 0 Å². The molecule has 1 aromatic carbocycles. The fourth-order valence-electron chi connectivity index (χ4n) is 4.80. The molecule has 1 aliphatic rings. The van der Waals surface area contributed by atoms with E-state index in [1.54, 1.807) is 32.3 Å². The van der Waals surface area contributed by atoms with Crippen LogP contribution in [0.15, 0.2) is 39.9 Å². The molecular weight excluding hydrogens is 526 g/mol. The lowest BCUT2D eigenvalue weighted by molar-refractivity contribution is -0.121. The van der Waals surface area contributed by atoms with E-state index in [4.69, 9.17) is 9.72 Å². The number of anilines is 1. The molecule has 41 heavy (non-hydrogen) atoms. The van der Waals surface area contributed by atoms with Gasteiger partial charge in [-0.15, -0.1) is 5.92 Å². The minimum atomic E-state index is -0.641. The number of aryl methyl sites for hydroxylation is 1. The van der Waals surface area contributed by atoms with E-state index in [1.807, 2.05) is 35.2 Å². The number of fused-ring (bicyclic) bond motifs is 1. The number of rotatable bonds is 7. The van der Waals surface area contributed by atoms with E-state index in [1.165, 1.54) is 11.6 Å². The number of imidazole rings is 1. The predicted octanol–water partition coefficient (Wildman–Crippen LogP) is 1.73. The Balaban J connectivity index is 1.65. The zero-order valence-corrected chi connectivity index (χ0v) is 24.2. The second-order valence-electron chi connectivity index (χ2n) is 11.0. The quantitative estimate of drug-likeness (QED) is 0.419. The topological polar surface area (TPSA) is 132 Å². The maximum Gasteiger partial charge on any atom is 0.407 e. The molecule has 3 heterocycles. The van der Waals surface area contributed by atoms with E-state index in [2.05, 4.69) is 22.5 Å². The summed E-state index contributed by atoms with van der Waals surface area (Å²) in [6.07, 6.45) is 1.03. The van der Waals surface area contributed by atoms with Gasteiger partial charge in [0.2, 0.25) is 11.9 Å². The van der Waals surface area contributed by atoms with Crippen LogP contribution < -0.4 is 26.8 Å². The molecule has 1 fully saturated rings. The van der Waals surface area contributed by atoms with Gasteiger partial charge in [-0.2, -0.15) is 4.98 Å². The van der Waals surface area contributed by atoms with Gasteiger partial charge in [0.05, 0.1) is 6.54 Å². The van der Waals surface area contributed by atoms with Gasteiger partial charge in [-0.3, -0.25) is 18.7 Å². The molecule has 0 saturated carbocycles. The summed E-state index contributed by atoms with van der Waals surface area (Å²) in [5.41, 5.74) is -0.584. The Morgan fingerprint density at radius 3 is 2.56 bits per heavy atom. The molecule has 4 rings (SSSR count). The van der Waals surface area contributed by atoms with Crippen LogP contribution in [0.25, 0.3) is 11.2 Å². The first kappa shape index (κ1) is 29.5. The van der Waals surface area contributed by atoms with Gasteiger partial charge < -0.3 is 20.3 Å². The van der Waals surface area contributed by atoms with Crippen LogP contribution in [-0.4, -0.2) is 55.4 Å². The first-order valence-corrected chi connectivity index (χ1v) is 13.6. The number of carbonyl (C=O) groups excluding carboxylic acids is 2. The molecule has 1 aliphatic heterocycles. The average molecular weight is 564 g/mol. The maximum absolute atomic E-state index is 13.7. The van der Waals surface area contributed by atoms with Crippen molar-refractivity contribution in [1.82, 2.24) is 29.3 Å². The van der Waals surface area contributed by atoms with Gasteiger partial charge in [0, 0.05) is 32.7 Å². The summed E-state index contributed by atoms with van der Waals surface area (Å²) in [6.45, 7) is 8.20. The van der Waals surface area contributed by atoms with Gasteiger partial charge in [-0.1, -0.05) is 36.3 Å². The molecule has 2 amide bonds.